The van der Waals surface area contributed by atoms with E-state index in [0.29, 0.717) is 22.2 Å². The van der Waals surface area contributed by atoms with Gasteiger partial charge in [0.15, 0.2) is 0 Å². The summed E-state index contributed by atoms with van der Waals surface area (Å²) in [4.78, 5) is 23.7. The molecule has 124 valence electrons. The zero-order chi connectivity index (χ0) is 16.0. The van der Waals surface area contributed by atoms with Gasteiger partial charge >= 0.3 is 0 Å². The molecule has 22 heavy (non-hydrogen) atoms. The summed E-state index contributed by atoms with van der Waals surface area (Å²) >= 11 is 11.8. The Kier molecular flexibility index (Phi) is 8.78. The second kappa shape index (κ2) is 9.20. The first-order valence-electron chi connectivity index (χ1n) is 6.58. The fraction of sp³-hybridized carbons (Fsp3) is 0.429. The largest absolute Gasteiger partial charge is 0.345 e. The van der Waals surface area contributed by atoms with E-state index in [1.165, 1.54) is 6.07 Å². The van der Waals surface area contributed by atoms with E-state index in [2.05, 4.69) is 10.6 Å². The molecule has 0 fully saturated rings. The highest BCUT2D eigenvalue weighted by Crippen LogP contribution is 2.25. The lowest BCUT2D eigenvalue weighted by molar-refractivity contribution is -0.128. The predicted molar refractivity (Wildman–Crippen MR) is 92.8 cm³/mol. The average molecular weight is 369 g/mol. The molecule has 2 amide bonds. The van der Waals surface area contributed by atoms with Crippen LogP contribution in [0.3, 0.4) is 0 Å². The summed E-state index contributed by atoms with van der Waals surface area (Å²) < 4.78 is 0. The van der Waals surface area contributed by atoms with Crippen molar-refractivity contribution in [1.29, 1.82) is 0 Å². The van der Waals surface area contributed by atoms with Crippen LogP contribution < -0.4 is 16.4 Å². The van der Waals surface area contributed by atoms with E-state index < -0.39 is 11.4 Å². The van der Waals surface area contributed by atoms with Crippen LogP contribution >= 0.6 is 35.6 Å². The molecule has 0 bridgehead atoms. The summed E-state index contributed by atoms with van der Waals surface area (Å²) in [5.41, 5.74) is 5.28. The molecule has 0 saturated heterocycles. The molecule has 8 heteroatoms. The first kappa shape index (κ1) is 21.0. The molecule has 0 aliphatic heterocycles. The van der Waals surface area contributed by atoms with Crippen LogP contribution in [0, 0.1) is 0 Å². The van der Waals surface area contributed by atoms with Crippen LogP contribution in [-0.4, -0.2) is 23.9 Å². The van der Waals surface area contributed by atoms with Crippen molar-refractivity contribution < 1.29 is 9.59 Å². The number of hydrogen-bond acceptors (Lipinski definition) is 3. The molecule has 0 aliphatic rings. The van der Waals surface area contributed by atoms with Crippen LogP contribution in [0.25, 0.3) is 0 Å². The predicted octanol–water partition coefficient (Wildman–Crippen LogP) is 2.99. The number of halogens is 3. The Morgan fingerprint density at radius 2 is 1.95 bits per heavy atom. The highest BCUT2D eigenvalue weighted by Gasteiger charge is 2.27. The Hall–Kier alpha value is -1.01. The van der Waals surface area contributed by atoms with Crippen molar-refractivity contribution in [2.45, 2.75) is 32.2 Å². The van der Waals surface area contributed by atoms with Crippen LogP contribution in [-0.2, 0) is 9.59 Å². The van der Waals surface area contributed by atoms with Gasteiger partial charge in [0.05, 0.1) is 22.8 Å². The number of hydrogen-bond donors (Lipinski definition) is 3. The molecular formula is C14H20Cl3N3O2. The second-order valence-electron chi connectivity index (χ2n) is 5.02. The molecule has 0 radical (unpaired) electrons. The van der Waals surface area contributed by atoms with Gasteiger partial charge in [-0.05, 0) is 31.5 Å². The summed E-state index contributed by atoms with van der Waals surface area (Å²) in [6.07, 6.45) is 1.32. The van der Waals surface area contributed by atoms with Crippen molar-refractivity contribution in [3.63, 3.8) is 0 Å². The summed E-state index contributed by atoms with van der Waals surface area (Å²) in [6, 6.07) is 4.73. The first-order chi connectivity index (χ1) is 9.76. The Balaban J connectivity index is 0.00000441. The lowest BCUT2D eigenvalue weighted by Gasteiger charge is -2.22. The quantitative estimate of drug-likeness (QED) is 0.721. The monoisotopic (exact) mass is 367 g/mol. The highest BCUT2D eigenvalue weighted by atomic mass is 35.5. The van der Waals surface area contributed by atoms with Crippen molar-refractivity contribution in [2.24, 2.45) is 5.73 Å². The summed E-state index contributed by atoms with van der Waals surface area (Å²) in [5.74, 6) is -0.767. The van der Waals surface area contributed by atoms with E-state index in [0.717, 1.165) is 6.42 Å². The van der Waals surface area contributed by atoms with Crippen LogP contribution in [0.4, 0.5) is 5.69 Å². The van der Waals surface area contributed by atoms with Crippen LogP contribution in [0.2, 0.25) is 10.0 Å². The average Bonchev–Trinajstić information content (AvgIpc) is 2.40. The second-order valence-corrected chi connectivity index (χ2v) is 5.87. The van der Waals surface area contributed by atoms with Crippen molar-refractivity contribution in [3.8, 4) is 0 Å². The van der Waals surface area contributed by atoms with Crippen molar-refractivity contribution in [2.75, 3.05) is 11.9 Å². The third kappa shape index (κ3) is 6.40. The summed E-state index contributed by atoms with van der Waals surface area (Å²) in [6.45, 7) is 3.39. The Morgan fingerprint density at radius 3 is 2.55 bits per heavy atom. The summed E-state index contributed by atoms with van der Waals surface area (Å²) in [5, 5.41) is 5.91. The minimum Gasteiger partial charge on any atom is -0.345 e. The molecule has 0 spiro atoms. The molecule has 1 unspecified atom stereocenters. The van der Waals surface area contributed by atoms with Crippen molar-refractivity contribution in [3.05, 3.63) is 28.2 Å². The van der Waals surface area contributed by atoms with E-state index in [-0.39, 0.29) is 24.9 Å². The van der Waals surface area contributed by atoms with E-state index in [4.69, 9.17) is 28.9 Å². The molecule has 1 aromatic rings. The number of nitrogens with two attached hydrogens (primary N) is 1. The standard InChI is InChI=1S/C14H19Cl2N3O2.ClH/c1-3-6-14(2,17)13(21)18-8-12(20)19-11-7-9(15)4-5-10(11)16;/h4-5,7H,3,6,8,17H2,1-2H3,(H,18,21)(H,19,20);1H. The van der Waals surface area contributed by atoms with Gasteiger partial charge in [-0.25, -0.2) is 0 Å². The Morgan fingerprint density at radius 1 is 1.32 bits per heavy atom. The maximum Gasteiger partial charge on any atom is 0.243 e. The third-order valence-electron chi connectivity index (χ3n) is 2.90. The number of rotatable bonds is 6. The molecule has 4 N–H and O–H groups in total. The van der Waals surface area contributed by atoms with E-state index in [1.54, 1.807) is 19.1 Å². The molecule has 0 aromatic heterocycles. The smallest absolute Gasteiger partial charge is 0.243 e. The molecule has 0 aliphatic carbocycles. The van der Waals surface area contributed by atoms with Gasteiger partial charge in [0.2, 0.25) is 11.8 Å². The lowest BCUT2D eigenvalue weighted by atomic mass is 9.96. The van der Waals surface area contributed by atoms with Gasteiger partial charge in [-0.2, -0.15) is 0 Å². The number of benzene rings is 1. The van der Waals surface area contributed by atoms with Crippen molar-refractivity contribution >= 4 is 53.1 Å². The highest BCUT2D eigenvalue weighted by molar-refractivity contribution is 6.35. The number of carbonyl (C=O) groups is 2. The van der Waals surface area contributed by atoms with Gasteiger partial charge in [-0.15, -0.1) is 12.4 Å². The molecule has 0 heterocycles. The maximum atomic E-state index is 11.9. The van der Waals surface area contributed by atoms with Crippen LogP contribution in [0.15, 0.2) is 18.2 Å². The van der Waals surface area contributed by atoms with E-state index >= 15 is 0 Å². The molecule has 0 saturated carbocycles. The first-order valence-corrected chi connectivity index (χ1v) is 7.34. The summed E-state index contributed by atoms with van der Waals surface area (Å²) in [7, 11) is 0. The number of nitrogens with one attached hydrogen (secondary N) is 2. The number of anilines is 1. The Bertz CT molecular complexity index is 536. The minimum atomic E-state index is -0.983. The zero-order valence-electron chi connectivity index (χ0n) is 12.4. The van der Waals surface area contributed by atoms with Gasteiger partial charge in [0, 0.05) is 5.02 Å². The topological polar surface area (TPSA) is 84.2 Å². The SMILES string of the molecule is CCCC(C)(N)C(=O)NCC(=O)Nc1cc(Cl)ccc1Cl.Cl. The number of carbonyl (C=O) groups excluding carboxylic acids is 2. The molecule has 1 rings (SSSR count). The Labute approximate surface area is 146 Å². The van der Waals surface area contributed by atoms with Gasteiger partial charge < -0.3 is 16.4 Å². The van der Waals surface area contributed by atoms with Gasteiger partial charge in [-0.1, -0.05) is 36.5 Å². The number of amides is 2. The maximum absolute atomic E-state index is 11.9. The fourth-order valence-corrected chi connectivity index (χ4v) is 2.12. The van der Waals surface area contributed by atoms with Crippen LogP contribution in [0.1, 0.15) is 26.7 Å². The van der Waals surface area contributed by atoms with E-state index in [1.807, 2.05) is 6.92 Å². The zero-order valence-corrected chi connectivity index (χ0v) is 14.7. The molecule has 1 aromatic carbocycles. The van der Waals surface area contributed by atoms with Crippen molar-refractivity contribution in [1.82, 2.24) is 5.32 Å². The minimum absolute atomic E-state index is 0. The third-order valence-corrected chi connectivity index (χ3v) is 3.46. The normalized spacial score (nSPS) is 12.8. The van der Waals surface area contributed by atoms with Gasteiger partial charge in [0.25, 0.3) is 0 Å². The lowest BCUT2D eigenvalue weighted by Crippen LogP contribution is -2.52. The van der Waals surface area contributed by atoms with Gasteiger partial charge in [0.1, 0.15) is 0 Å². The fourth-order valence-electron chi connectivity index (χ4n) is 1.78. The molecule has 1 atom stereocenters. The molecular weight excluding hydrogens is 349 g/mol. The molecule has 5 nitrogen and oxygen atoms in total. The van der Waals surface area contributed by atoms with Gasteiger partial charge in [-0.3, -0.25) is 9.59 Å². The van der Waals surface area contributed by atoms with E-state index in [9.17, 15) is 9.59 Å². The van der Waals surface area contributed by atoms with Crippen LogP contribution in [0.5, 0.6) is 0 Å².